The number of benzene rings is 3. The Balaban J connectivity index is 1.90. The number of aliphatic carboxylic acids is 1. The van der Waals surface area contributed by atoms with E-state index in [9.17, 15) is 4.79 Å². The summed E-state index contributed by atoms with van der Waals surface area (Å²) in [7, 11) is 0. The zero-order chi connectivity index (χ0) is 24.3. The van der Waals surface area contributed by atoms with E-state index in [-0.39, 0.29) is 0 Å². The van der Waals surface area contributed by atoms with Gasteiger partial charge in [-0.1, -0.05) is 54.1 Å². The van der Waals surface area contributed by atoms with Gasteiger partial charge >= 0.3 is 5.97 Å². The molecule has 0 saturated carbocycles. The van der Waals surface area contributed by atoms with Crippen LogP contribution in [0.3, 0.4) is 0 Å². The van der Waals surface area contributed by atoms with E-state index in [1.807, 2.05) is 56.3 Å². The van der Waals surface area contributed by atoms with Crippen molar-refractivity contribution in [1.82, 2.24) is 0 Å². The molecule has 0 atom stereocenters. The first-order valence-corrected chi connectivity index (χ1v) is 12.3. The van der Waals surface area contributed by atoms with Crippen molar-refractivity contribution in [1.29, 1.82) is 0 Å². The molecule has 0 aliphatic heterocycles. The predicted octanol–water partition coefficient (Wildman–Crippen LogP) is 6.82. The number of halogens is 1. The van der Waals surface area contributed by atoms with Crippen molar-refractivity contribution < 1.29 is 24.1 Å². The van der Waals surface area contributed by atoms with E-state index in [0.717, 1.165) is 33.1 Å². The molecule has 1 N–H and O–H groups in total. The van der Waals surface area contributed by atoms with E-state index in [0.29, 0.717) is 29.7 Å². The summed E-state index contributed by atoms with van der Waals surface area (Å²) in [4.78, 5) is 11.7. The number of hydrogen-bond donors (Lipinski definition) is 1. The molecule has 0 fully saturated rings. The molecule has 3 aromatic rings. The molecule has 0 aliphatic rings. The number of carbonyl (C=O) groups is 1. The standard InChI is InChI=1S/C27H27ClO5S/c1-3-31-24-11-7-5-9-21(24)20(22-10-6-8-12-25(22)32-4-2)15-16-34-19-13-14-26(23(28)17-19)33-18-27(29)30/h5-15,17H,3-4,16,18H2,1-2H3,(H,29,30). The highest BCUT2D eigenvalue weighted by Gasteiger charge is 2.15. The van der Waals surface area contributed by atoms with Crippen LogP contribution in [0.15, 0.2) is 77.7 Å². The van der Waals surface area contributed by atoms with Crippen molar-refractivity contribution in [3.05, 3.63) is 89.0 Å². The fraction of sp³-hybridized carbons (Fsp3) is 0.222. The summed E-state index contributed by atoms with van der Waals surface area (Å²) in [6.45, 7) is 4.65. The molecule has 0 bridgehead atoms. The zero-order valence-electron chi connectivity index (χ0n) is 19.1. The molecule has 3 aromatic carbocycles. The van der Waals surface area contributed by atoms with Crippen LogP contribution in [0.5, 0.6) is 17.2 Å². The van der Waals surface area contributed by atoms with Crippen LogP contribution in [0.2, 0.25) is 5.02 Å². The minimum Gasteiger partial charge on any atom is -0.493 e. The third kappa shape index (κ3) is 6.95. The second-order valence-corrected chi connectivity index (χ2v) is 8.56. The van der Waals surface area contributed by atoms with Crippen LogP contribution < -0.4 is 14.2 Å². The Morgan fingerprint density at radius 1 is 0.882 bits per heavy atom. The van der Waals surface area contributed by atoms with Crippen molar-refractivity contribution >= 4 is 34.9 Å². The van der Waals surface area contributed by atoms with Gasteiger partial charge in [0.1, 0.15) is 17.2 Å². The predicted molar refractivity (Wildman–Crippen MR) is 138 cm³/mol. The second-order valence-electron chi connectivity index (χ2n) is 7.06. The Kier molecular flexibility index (Phi) is 9.74. The molecule has 0 unspecified atom stereocenters. The molecule has 0 aliphatic carbocycles. The van der Waals surface area contributed by atoms with Crippen LogP contribution in [0, 0.1) is 0 Å². The van der Waals surface area contributed by atoms with Gasteiger partial charge in [-0.15, -0.1) is 11.8 Å². The first kappa shape index (κ1) is 25.5. The van der Waals surface area contributed by atoms with Crippen LogP contribution in [0.25, 0.3) is 5.57 Å². The maximum absolute atomic E-state index is 10.7. The van der Waals surface area contributed by atoms with Gasteiger partial charge in [0.05, 0.1) is 18.2 Å². The number of thioether (sulfide) groups is 1. The fourth-order valence-corrected chi connectivity index (χ4v) is 4.46. The van der Waals surface area contributed by atoms with Gasteiger partial charge in [-0.3, -0.25) is 0 Å². The van der Waals surface area contributed by atoms with Gasteiger partial charge in [0.2, 0.25) is 0 Å². The summed E-state index contributed by atoms with van der Waals surface area (Å²) in [6.07, 6.45) is 2.16. The molecule has 0 saturated heterocycles. The third-order valence-corrected chi connectivity index (χ3v) is 5.96. The maximum Gasteiger partial charge on any atom is 0.341 e. The van der Waals surface area contributed by atoms with E-state index < -0.39 is 12.6 Å². The average molecular weight is 499 g/mol. The highest BCUT2D eigenvalue weighted by atomic mass is 35.5. The summed E-state index contributed by atoms with van der Waals surface area (Å²) in [5.74, 6) is 1.60. The Morgan fingerprint density at radius 2 is 1.47 bits per heavy atom. The lowest BCUT2D eigenvalue weighted by Gasteiger charge is -2.17. The smallest absolute Gasteiger partial charge is 0.341 e. The molecule has 34 heavy (non-hydrogen) atoms. The van der Waals surface area contributed by atoms with E-state index in [1.54, 1.807) is 23.9 Å². The summed E-state index contributed by atoms with van der Waals surface area (Å²) in [6, 6.07) is 21.3. The molecule has 7 heteroatoms. The lowest BCUT2D eigenvalue weighted by atomic mass is 9.96. The molecule has 0 aromatic heterocycles. The van der Waals surface area contributed by atoms with Crippen molar-refractivity contribution in [2.24, 2.45) is 0 Å². The van der Waals surface area contributed by atoms with Crippen molar-refractivity contribution in [2.45, 2.75) is 18.7 Å². The molecule has 0 spiro atoms. The molecule has 3 rings (SSSR count). The Hall–Kier alpha value is -3.09. The topological polar surface area (TPSA) is 65.0 Å². The molecule has 0 radical (unpaired) electrons. The summed E-state index contributed by atoms with van der Waals surface area (Å²) >= 11 is 7.89. The average Bonchev–Trinajstić information content (AvgIpc) is 2.83. The monoisotopic (exact) mass is 498 g/mol. The van der Waals surface area contributed by atoms with Crippen molar-refractivity contribution in [3.63, 3.8) is 0 Å². The van der Waals surface area contributed by atoms with Gasteiger partial charge in [0.15, 0.2) is 6.61 Å². The van der Waals surface area contributed by atoms with Crippen molar-refractivity contribution in [2.75, 3.05) is 25.6 Å². The number of ether oxygens (including phenoxy) is 3. The van der Waals surface area contributed by atoms with Gasteiger partial charge in [-0.05, 0) is 49.8 Å². The van der Waals surface area contributed by atoms with Crippen molar-refractivity contribution in [3.8, 4) is 17.2 Å². The first-order valence-electron chi connectivity index (χ1n) is 10.9. The number of rotatable bonds is 12. The van der Waals surface area contributed by atoms with E-state index in [4.69, 9.17) is 30.9 Å². The molecule has 178 valence electrons. The number of para-hydroxylation sites is 2. The number of carboxylic acid groups (broad SMARTS) is 1. The highest BCUT2D eigenvalue weighted by molar-refractivity contribution is 7.99. The Bertz CT molecular complexity index is 1090. The van der Waals surface area contributed by atoms with Crippen LogP contribution in [0.1, 0.15) is 25.0 Å². The molecular formula is C27H27ClO5S. The first-order chi connectivity index (χ1) is 16.5. The normalized spacial score (nSPS) is 10.4. The minimum absolute atomic E-state index is 0.348. The summed E-state index contributed by atoms with van der Waals surface area (Å²) in [5, 5.41) is 9.16. The Morgan fingerprint density at radius 3 is 2.00 bits per heavy atom. The summed E-state index contributed by atoms with van der Waals surface area (Å²) in [5.41, 5.74) is 3.01. The molecule has 5 nitrogen and oxygen atoms in total. The van der Waals surface area contributed by atoms with E-state index in [1.165, 1.54) is 0 Å². The highest BCUT2D eigenvalue weighted by Crippen LogP contribution is 2.37. The van der Waals surface area contributed by atoms with Gasteiger partial charge in [-0.25, -0.2) is 4.79 Å². The maximum atomic E-state index is 10.7. The lowest BCUT2D eigenvalue weighted by Crippen LogP contribution is -2.09. The van der Waals surface area contributed by atoms with Gasteiger partial charge in [0.25, 0.3) is 0 Å². The number of carboxylic acids is 1. The Labute approximate surface area is 209 Å². The lowest BCUT2D eigenvalue weighted by molar-refractivity contribution is -0.139. The van der Waals surface area contributed by atoms with Gasteiger partial charge in [0, 0.05) is 21.8 Å². The quantitative estimate of drug-likeness (QED) is 0.276. The van der Waals surface area contributed by atoms with Crippen LogP contribution >= 0.6 is 23.4 Å². The SMILES string of the molecule is CCOc1ccccc1C(=CCSc1ccc(OCC(=O)O)c(Cl)c1)c1ccccc1OCC. The third-order valence-electron chi connectivity index (χ3n) is 4.75. The molecule has 0 amide bonds. The fourth-order valence-electron chi connectivity index (χ4n) is 3.36. The van der Waals surface area contributed by atoms with Crippen LogP contribution in [0.4, 0.5) is 0 Å². The van der Waals surface area contributed by atoms with Gasteiger partial charge in [-0.2, -0.15) is 0 Å². The minimum atomic E-state index is -1.05. The van der Waals surface area contributed by atoms with E-state index >= 15 is 0 Å². The largest absolute Gasteiger partial charge is 0.493 e. The zero-order valence-corrected chi connectivity index (χ0v) is 20.7. The number of hydrogen-bond acceptors (Lipinski definition) is 5. The molecular weight excluding hydrogens is 472 g/mol. The van der Waals surface area contributed by atoms with Crippen LogP contribution in [-0.2, 0) is 4.79 Å². The van der Waals surface area contributed by atoms with E-state index in [2.05, 4.69) is 18.2 Å². The van der Waals surface area contributed by atoms with Gasteiger partial charge < -0.3 is 19.3 Å². The summed E-state index contributed by atoms with van der Waals surface area (Å²) < 4.78 is 17.0. The van der Waals surface area contributed by atoms with Crippen LogP contribution in [-0.4, -0.2) is 36.6 Å². The molecule has 0 heterocycles. The second kappa shape index (κ2) is 13.0.